The summed E-state index contributed by atoms with van der Waals surface area (Å²) in [7, 11) is 0. The number of ketones is 1. The zero-order valence-corrected chi connectivity index (χ0v) is 18.7. The lowest BCUT2D eigenvalue weighted by Crippen LogP contribution is -2.27. The van der Waals surface area contributed by atoms with Crippen LogP contribution in [0.4, 0.5) is 5.69 Å². The molecular formula is C26H20ClNO6. The topological polar surface area (TPSA) is 90.0 Å². The number of carbonyl (C=O) groups excluding carboxylic acids is 4. The van der Waals surface area contributed by atoms with Gasteiger partial charge in [0.15, 0.2) is 12.4 Å². The maximum Gasteiger partial charge on any atom is 0.343 e. The molecule has 1 fully saturated rings. The Morgan fingerprint density at radius 2 is 1.65 bits per heavy atom. The van der Waals surface area contributed by atoms with Crippen LogP contribution in [0.2, 0.25) is 5.02 Å². The second-order valence-electron chi connectivity index (χ2n) is 7.70. The minimum atomic E-state index is -0.668. The first-order valence-corrected chi connectivity index (χ1v) is 10.9. The van der Waals surface area contributed by atoms with E-state index >= 15 is 0 Å². The van der Waals surface area contributed by atoms with Crippen LogP contribution in [0.15, 0.2) is 78.9 Å². The maximum atomic E-state index is 12.4. The van der Waals surface area contributed by atoms with Crippen molar-refractivity contribution in [2.45, 2.75) is 6.42 Å². The fraction of sp³-hybridized carbons (Fsp3) is 0.154. The number of anilines is 1. The number of halogens is 1. The molecule has 0 bridgehead atoms. The Hall–Kier alpha value is -3.97. The molecule has 8 heteroatoms. The van der Waals surface area contributed by atoms with Crippen molar-refractivity contribution < 1.29 is 28.7 Å². The molecule has 1 unspecified atom stereocenters. The van der Waals surface area contributed by atoms with Gasteiger partial charge in [0.25, 0.3) is 0 Å². The minimum Gasteiger partial charge on any atom is -0.457 e. The van der Waals surface area contributed by atoms with Crippen molar-refractivity contribution >= 4 is 40.9 Å². The van der Waals surface area contributed by atoms with E-state index in [4.69, 9.17) is 21.1 Å². The smallest absolute Gasteiger partial charge is 0.343 e. The predicted octanol–water partition coefficient (Wildman–Crippen LogP) is 4.34. The summed E-state index contributed by atoms with van der Waals surface area (Å²) in [6, 6.07) is 21.3. The summed E-state index contributed by atoms with van der Waals surface area (Å²) in [4.78, 5) is 50.8. The summed E-state index contributed by atoms with van der Waals surface area (Å²) in [6.07, 6.45) is 0.00101. The minimum absolute atomic E-state index is 0.00101. The molecule has 0 aliphatic carbocycles. The molecule has 1 aliphatic heterocycles. The monoisotopic (exact) mass is 477 g/mol. The van der Waals surface area contributed by atoms with Crippen molar-refractivity contribution in [3.63, 3.8) is 0 Å². The maximum absolute atomic E-state index is 12.4. The molecule has 1 atom stereocenters. The zero-order valence-electron chi connectivity index (χ0n) is 18.0. The number of rotatable bonds is 7. The van der Waals surface area contributed by atoms with E-state index in [1.807, 2.05) is 0 Å². The highest BCUT2D eigenvalue weighted by molar-refractivity contribution is 6.31. The van der Waals surface area contributed by atoms with Crippen LogP contribution in [0.25, 0.3) is 0 Å². The summed E-state index contributed by atoms with van der Waals surface area (Å²) in [6.45, 7) is -0.294. The van der Waals surface area contributed by atoms with Crippen molar-refractivity contribution in [3.05, 3.63) is 95.0 Å². The van der Waals surface area contributed by atoms with E-state index in [9.17, 15) is 19.2 Å². The Bertz CT molecular complexity index is 1230. The Labute approximate surface area is 200 Å². The Kier molecular flexibility index (Phi) is 7.04. The zero-order chi connectivity index (χ0) is 24.1. The number of hydrogen-bond donors (Lipinski definition) is 0. The van der Waals surface area contributed by atoms with Crippen LogP contribution in [0, 0.1) is 5.92 Å². The van der Waals surface area contributed by atoms with Gasteiger partial charge in [-0.15, -0.1) is 0 Å². The third-order valence-electron chi connectivity index (χ3n) is 5.32. The Morgan fingerprint density at radius 1 is 0.912 bits per heavy atom. The molecule has 4 rings (SSSR count). The van der Waals surface area contributed by atoms with E-state index < -0.39 is 30.2 Å². The lowest BCUT2D eigenvalue weighted by atomic mass is 10.1. The molecule has 3 aromatic carbocycles. The van der Waals surface area contributed by atoms with Crippen molar-refractivity contribution in [2.75, 3.05) is 18.1 Å². The van der Waals surface area contributed by atoms with Gasteiger partial charge in [-0.2, -0.15) is 0 Å². The second-order valence-corrected chi connectivity index (χ2v) is 8.13. The molecule has 3 aromatic rings. The van der Waals surface area contributed by atoms with Crippen molar-refractivity contribution in [2.24, 2.45) is 5.92 Å². The number of hydrogen-bond acceptors (Lipinski definition) is 6. The highest BCUT2D eigenvalue weighted by Gasteiger charge is 2.36. The van der Waals surface area contributed by atoms with Gasteiger partial charge in [-0.1, -0.05) is 35.9 Å². The molecule has 0 N–H and O–H groups in total. The molecule has 0 saturated carbocycles. The van der Waals surface area contributed by atoms with E-state index in [1.54, 1.807) is 54.6 Å². The van der Waals surface area contributed by atoms with Crippen molar-refractivity contribution in [3.8, 4) is 5.75 Å². The number of nitrogens with zero attached hydrogens (tertiary/aromatic N) is 1. The van der Waals surface area contributed by atoms with Crippen LogP contribution in [-0.4, -0.2) is 36.8 Å². The van der Waals surface area contributed by atoms with E-state index in [2.05, 4.69) is 0 Å². The fourth-order valence-electron chi connectivity index (χ4n) is 3.55. The molecule has 1 aliphatic rings. The van der Waals surface area contributed by atoms with Gasteiger partial charge in [-0.3, -0.25) is 14.4 Å². The largest absolute Gasteiger partial charge is 0.457 e. The van der Waals surface area contributed by atoms with Crippen LogP contribution >= 0.6 is 11.6 Å². The number of amides is 1. The normalized spacial score (nSPS) is 15.1. The molecule has 34 heavy (non-hydrogen) atoms. The highest BCUT2D eigenvalue weighted by Crippen LogP contribution is 2.27. The van der Waals surface area contributed by atoms with Crippen LogP contribution in [-0.2, 0) is 14.3 Å². The third kappa shape index (κ3) is 5.50. The van der Waals surface area contributed by atoms with E-state index in [-0.39, 0.29) is 24.6 Å². The fourth-order valence-corrected chi connectivity index (χ4v) is 3.73. The molecule has 1 saturated heterocycles. The van der Waals surface area contributed by atoms with Gasteiger partial charge in [0, 0.05) is 29.2 Å². The van der Waals surface area contributed by atoms with Crippen molar-refractivity contribution in [1.82, 2.24) is 0 Å². The Balaban J connectivity index is 1.29. The summed E-state index contributed by atoms with van der Waals surface area (Å²) in [5.41, 5.74) is 1.32. The molecule has 0 radical (unpaired) electrons. The van der Waals surface area contributed by atoms with Crippen molar-refractivity contribution in [1.29, 1.82) is 0 Å². The summed E-state index contributed by atoms with van der Waals surface area (Å²) in [5.74, 6) is -2.13. The number of benzene rings is 3. The average Bonchev–Trinajstić information content (AvgIpc) is 3.25. The first kappa shape index (κ1) is 23.2. The first-order valence-electron chi connectivity index (χ1n) is 10.5. The van der Waals surface area contributed by atoms with Crippen LogP contribution in [0.1, 0.15) is 27.1 Å². The number of esters is 2. The molecular weight excluding hydrogens is 458 g/mol. The number of ether oxygens (including phenoxy) is 2. The van der Waals surface area contributed by atoms with Gasteiger partial charge < -0.3 is 14.4 Å². The summed E-state index contributed by atoms with van der Waals surface area (Å²) in [5, 5.41) is 0.489. The van der Waals surface area contributed by atoms with Gasteiger partial charge >= 0.3 is 11.9 Å². The quantitative estimate of drug-likeness (QED) is 0.286. The summed E-state index contributed by atoms with van der Waals surface area (Å²) >= 11 is 5.98. The third-order valence-corrected chi connectivity index (χ3v) is 5.56. The lowest BCUT2D eigenvalue weighted by Gasteiger charge is -2.16. The van der Waals surface area contributed by atoms with Gasteiger partial charge in [-0.25, -0.2) is 4.79 Å². The molecule has 0 spiro atoms. The van der Waals surface area contributed by atoms with Gasteiger partial charge in [-0.05, 0) is 54.6 Å². The number of carbonyl (C=O) groups is 4. The van der Waals surface area contributed by atoms with E-state index in [0.29, 0.717) is 21.8 Å². The van der Waals surface area contributed by atoms with Crippen LogP contribution in [0.3, 0.4) is 0 Å². The highest BCUT2D eigenvalue weighted by atomic mass is 35.5. The van der Waals surface area contributed by atoms with E-state index in [1.165, 1.54) is 29.2 Å². The van der Waals surface area contributed by atoms with Crippen LogP contribution < -0.4 is 9.64 Å². The molecule has 1 amide bonds. The molecule has 1 heterocycles. The second kappa shape index (κ2) is 10.3. The standard InChI is InChI=1S/C26H20ClNO6/c27-20-7-4-8-21(14-20)28-15-19(13-24(28)30)25(31)33-16-23(29)17-9-11-22(12-10-17)34-26(32)18-5-2-1-3-6-18/h1-12,14,19H,13,15-16H2. The van der Waals surface area contributed by atoms with Gasteiger partial charge in [0.05, 0.1) is 11.5 Å². The molecule has 7 nitrogen and oxygen atoms in total. The predicted molar refractivity (Wildman–Crippen MR) is 125 cm³/mol. The lowest BCUT2D eigenvalue weighted by molar-refractivity contribution is -0.147. The Morgan fingerprint density at radius 3 is 2.35 bits per heavy atom. The SMILES string of the molecule is O=C(COC(=O)C1CC(=O)N(c2cccc(Cl)c2)C1)c1ccc(OC(=O)c2ccccc2)cc1. The van der Waals surface area contributed by atoms with Crippen LogP contribution in [0.5, 0.6) is 5.75 Å². The average molecular weight is 478 g/mol. The van der Waals surface area contributed by atoms with E-state index in [0.717, 1.165) is 0 Å². The first-order chi connectivity index (χ1) is 16.4. The van der Waals surface area contributed by atoms with Gasteiger partial charge in [0.1, 0.15) is 5.75 Å². The number of Topliss-reactive ketones (excluding diaryl/α,β-unsaturated/α-hetero) is 1. The molecule has 0 aromatic heterocycles. The summed E-state index contributed by atoms with van der Waals surface area (Å²) < 4.78 is 10.5. The molecule has 172 valence electrons. The van der Waals surface area contributed by atoms with Gasteiger partial charge in [0.2, 0.25) is 5.91 Å².